The molecule has 1 atom stereocenters. The van der Waals surface area contributed by atoms with E-state index in [1.54, 1.807) is 7.11 Å². The fraction of sp³-hybridized carbons (Fsp3) is 0.500. The van der Waals surface area contributed by atoms with Crippen molar-refractivity contribution in [1.29, 1.82) is 0 Å². The Balaban J connectivity index is 1.97. The van der Waals surface area contributed by atoms with Crippen LogP contribution < -0.4 is 4.74 Å². The third kappa shape index (κ3) is 2.87. The molecule has 1 aromatic carbocycles. The molecule has 1 fully saturated rings. The van der Waals surface area contributed by atoms with Crippen LogP contribution in [0.2, 0.25) is 0 Å². The van der Waals surface area contributed by atoms with Crippen LogP contribution in [0.1, 0.15) is 12.2 Å². The number of alkyl halides is 1. The topological polar surface area (TPSA) is 61.2 Å². The standard InChI is InChI=1S/C14H17ClN2O3S/c1-20-11-2-3-13-12(6-11)16-14(7-15)17(13)8-10-4-5-21(18,19)9-10/h2-3,6,10H,4-5,7-9H2,1H3. The maximum atomic E-state index is 11.6. The number of benzene rings is 1. The molecular formula is C14H17ClN2O3S. The molecule has 0 saturated carbocycles. The Morgan fingerprint density at radius 2 is 2.29 bits per heavy atom. The maximum Gasteiger partial charge on any atom is 0.150 e. The van der Waals surface area contributed by atoms with E-state index in [1.807, 2.05) is 22.8 Å². The third-order valence-corrected chi connectivity index (χ3v) is 6.00. The molecule has 114 valence electrons. The first-order chi connectivity index (χ1) is 10.0. The molecular weight excluding hydrogens is 312 g/mol. The Morgan fingerprint density at radius 3 is 2.90 bits per heavy atom. The molecule has 21 heavy (non-hydrogen) atoms. The average molecular weight is 329 g/mol. The number of hydrogen-bond acceptors (Lipinski definition) is 4. The summed E-state index contributed by atoms with van der Waals surface area (Å²) in [6.07, 6.45) is 0.708. The van der Waals surface area contributed by atoms with E-state index >= 15 is 0 Å². The highest BCUT2D eigenvalue weighted by Crippen LogP contribution is 2.26. The molecule has 0 spiro atoms. The number of halogens is 1. The van der Waals surface area contributed by atoms with E-state index in [0.717, 1.165) is 22.6 Å². The van der Waals surface area contributed by atoms with E-state index in [2.05, 4.69) is 4.98 Å². The molecule has 2 heterocycles. The van der Waals surface area contributed by atoms with Crippen LogP contribution in [-0.2, 0) is 22.3 Å². The summed E-state index contributed by atoms with van der Waals surface area (Å²) < 4.78 is 30.4. The Morgan fingerprint density at radius 1 is 1.48 bits per heavy atom. The van der Waals surface area contributed by atoms with Gasteiger partial charge in [-0.15, -0.1) is 11.6 Å². The monoisotopic (exact) mass is 328 g/mol. The van der Waals surface area contributed by atoms with Crippen LogP contribution >= 0.6 is 11.6 Å². The average Bonchev–Trinajstić information content (AvgIpc) is 2.98. The molecule has 0 bridgehead atoms. The molecule has 1 aliphatic heterocycles. The highest BCUT2D eigenvalue weighted by Gasteiger charge is 2.29. The van der Waals surface area contributed by atoms with Crippen LogP contribution in [0.15, 0.2) is 18.2 Å². The Kier molecular flexibility index (Phi) is 3.84. The van der Waals surface area contributed by atoms with Crippen LogP contribution in [0.25, 0.3) is 11.0 Å². The van der Waals surface area contributed by atoms with Gasteiger partial charge in [-0.1, -0.05) is 0 Å². The second-order valence-corrected chi connectivity index (χ2v) is 7.89. The summed E-state index contributed by atoms with van der Waals surface area (Å²) in [6.45, 7) is 0.643. The number of fused-ring (bicyclic) bond motifs is 1. The van der Waals surface area contributed by atoms with Crippen molar-refractivity contribution in [2.45, 2.75) is 18.8 Å². The van der Waals surface area contributed by atoms with Gasteiger partial charge in [0.05, 0.1) is 35.5 Å². The van der Waals surface area contributed by atoms with Gasteiger partial charge in [-0.05, 0) is 24.5 Å². The normalized spacial score (nSPS) is 21.0. The minimum Gasteiger partial charge on any atom is -0.497 e. The Bertz CT molecular complexity index is 770. The van der Waals surface area contributed by atoms with E-state index in [0.29, 0.717) is 18.8 Å². The van der Waals surface area contributed by atoms with E-state index in [9.17, 15) is 8.42 Å². The first-order valence-electron chi connectivity index (χ1n) is 6.82. The summed E-state index contributed by atoms with van der Waals surface area (Å²) in [6, 6.07) is 5.69. The Hall–Kier alpha value is -1.27. The molecule has 7 heteroatoms. The van der Waals surface area contributed by atoms with E-state index in [-0.39, 0.29) is 17.4 Å². The smallest absolute Gasteiger partial charge is 0.150 e. The van der Waals surface area contributed by atoms with Crippen LogP contribution in [-0.4, -0.2) is 36.6 Å². The number of ether oxygens (including phenoxy) is 1. The van der Waals surface area contributed by atoms with Gasteiger partial charge in [-0.25, -0.2) is 13.4 Å². The van der Waals surface area contributed by atoms with Gasteiger partial charge in [0.2, 0.25) is 0 Å². The first kappa shape index (κ1) is 14.7. The van der Waals surface area contributed by atoms with Gasteiger partial charge in [0.15, 0.2) is 9.84 Å². The molecule has 1 unspecified atom stereocenters. The number of nitrogens with zero attached hydrogens (tertiary/aromatic N) is 2. The summed E-state index contributed by atoms with van der Waals surface area (Å²) in [5.41, 5.74) is 1.79. The molecule has 1 aromatic heterocycles. The predicted octanol–water partition coefficient (Wildman–Crippen LogP) is 2.22. The van der Waals surface area contributed by atoms with Crippen molar-refractivity contribution in [3.63, 3.8) is 0 Å². The van der Waals surface area contributed by atoms with Gasteiger partial charge < -0.3 is 9.30 Å². The predicted molar refractivity (Wildman–Crippen MR) is 82.6 cm³/mol. The van der Waals surface area contributed by atoms with Crippen molar-refractivity contribution >= 4 is 32.5 Å². The fourth-order valence-corrected chi connectivity index (χ4v) is 4.92. The summed E-state index contributed by atoms with van der Waals surface area (Å²) in [5.74, 6) is 2.49. The molecule has 0 aliphatic carbocycles. The second-order valence-electron chi connectivity index (χ2n) is 5.40. The number of methoxy groups -OCH3 is 1. The number of rotatable bonds is 4. The highest BCUT2D eigenvalue weighted by molar-refractivity contribution is 7.91. The van der Waals surface area contributed by atoms with Crippen molar-refractivity contribution in [3.8, 4) is 5.75 Å². The van der Waals surface area contributed by atoms with Gasteiger partial charge in [0.25, 0.3) is 0 Å². The van der Waals surface area contributed by atoms with Crippen molar-refractivity contribution in [1.82, 2.24) is 9.55 Å². The minimum absolute atomic E-state index is 0.136. The summed E-state index contributed by atoms with van der Waals surface area (Å²) in [7, 11) is -1.25. The molecule has 1 aliphatic rings. The largest absolute Gasteiger partial charge is 0.497 e. The maximum absolute atomic E-state index is 11.6. The summed E-state index contributed by atoms with van der Waals surface area (Å²) >= 11 is 5.99. The van der Waals surface area contributed by atoms with Crippen molar-refractivity contribution in [2.75, 3.05) is 18.6 Å². The lowest BCUT2D eigenvalue weighted by molar-refractivity contribution is 0.415. The quantitative estimate of drug-likeness (QED) is 0.807. The van der Waals surface area contributed by atoms with Gasteiger partial charge in [-0.3, -0.25) is 0 Å². The van der Waals surface area contributed by atoms with Gasteiger partial charge >= 0.3 is 0 Å². The highest BCUT2D eigenvalue weighted by atomic mass is 35.5. The lowest BCUT2D eigenvalue weighted by Crippen LogP contribution is -2.14. The SMILES string of the molecule is COc1ccc2c(c1)nc(CCl)n2CC1CCS(=O)(=O)C1. The zero-order valence-electron chi connectivity index (χ0n) is 11.8. The van der Waals surface area contributed by atoms with Crippen molar-refractivity contribution < 1.29 is 13.2 Å². The lowest BCUT2D eigenvalue weighted by Gasteiger charge is -2.12. The van der Waals surface area contributed by atoms with E-state index in [4.69, 9.17) is 16.3 Å². The molecule has 3 rings (SSSR count). The molecule has 0 radical (unpaired) electrons. The van der Waals surface area contributed by atoms with Crippen molar-refractivity contribution in [3.05, 3.63) is 24.0 Å². The summed E-state index contributed by atoms with van der Waals surface area (Å²) in [4.78, 5) is 4.52. The number of imidazole rings is 1. The van der Waals surface area contributed by atoms with Crippen LogP contribution in [0.3, 0.4) is 0 Å². The van der Waals surface area contributed by atoms with E-state index < -0.39 is 9.84 Å². The van der Waals surface area contributed by atoms with Gasteiger partial charge in [0, 0.05) is 12.6 Å². The number of sulfone groups is 1. The number of aromatic nitrogens is 2. The second kappa shape index (κ2) is 5.50. The van der Waals surface area contributed by atoms with Gasteiger partial charge in [0.1, 0.15) is 11.6 Å². The van der Waals surface area contributed by atoms with Crippen molar-refractivity contribution in [2.24, 2.45) is 5.92 Å². The number of hydrogen-bond donors (Lipinski definition) is 0. The zero-order chi connectivity index (χ0) is 15.0. The summed E-state index contributed by atoms with van der Waals surface area (Å²) in [5, 5.41) is 0. The van der Waals surface area contributed by atoms with Crippen LogP contribution in [0, 0.1) is 5.92 Å². The van der Waals surface area contributed by atoms with Crippen LogP contribution in [0.5, 0.6) is 5.75 Å². The van der Waals surface area contributed by atoms with E-state index in [1.165, 1.54) is 0 Å². The fourth-order valence-electron chi connectivity index (χ4n) is 2.87. The molecule has 5 nitrogen and oxygen atoms in total. The zero-order valence-corrected chi connectivity index (χ0v) is 13.3. The molecule has 1 saturated heterocycles. The molecule has 2 aromatic rings. The minimum atomic E-state index is -2.87. The lowest BCUT2D eigenvalue weighted by atomic mass is 10.1. The first-order valence-corrected chi connectivity index (χ1v) is 9.17. The Labute approximate surface area is 128 Å². The third-order valence-electron chi connectivity index (χ3n) is 3.92. The van der Waals surface area contributed by atoms with Gasteiger partial charge in [-0.2, -0.15) is 0 Å². The van der Waals surface area contributed by atoms with Crippen LogP contribution in [0.4, 0.5) is 0 Å². The molecule has 0 amide bonds. The molecule has 0 N–H and O–H groups in total.